The molecule has 1 amide bonds. The number of ether oxygens (including phenoxy) is 2. The van der Waals surface area contributed by atoms with E-state index in [-0.39, 0.29) is 31.5 Å². The first-order chi connectivity index (χ1) is 12.0. The summed E-state index contributed by atoms with van der Waals surface area (Å²) in [5.41, 5.74) is 0.576. The number of aryl methyl sites for hydroxylation is 1. The van der Waals surface area contributed by atoms with Crippen LogP contribution in [0.4, 0.5) is 4.39 Å². The molecule has 7 nitrogen and oxygen atoms in total. The fraction of sp³-hybridized carbons (Fsp3) is 0.312. The summed E-state index contributed by atoms with van der Waals surface area (Å²) in [6, 6.07) is 5.63. The zero-order valence-corrected chi connectivity index (χ0v) is 14.3. The summed E-state index contributed by atoms with van der Waals surface area (Å²) >= 11 is 1.20. The second-order valence-electron chi connectivity index (χ2n) is 4.97. The number of carbonyl (C=O) groups excluding carboxylic acids is 1. The molecule has 1 aromatic heterocycles. The lowest BCUT2D eigenvalue weighted by Crippen LogP contribution is -2.27. The molecular formula is C16H17FN2O5S. The van der Waals surface area contributed by atoms with E-state index in [1.807, 2.05) is 0 Å². The van der Waals surface area contributed by atoms with Crippen molar-refractivity contribution in [2.24, 2.45) is 0 Å². The summed E-state index contributed by atoms with van der Waals surface area (Å²) in [5, 5.41) is 11.7. The minimum atomic E-state index is -1.06. The second kappa shape index (κ2) is 9.09. The third-order valence-corrected chi connectivity index (χ3v) is 4.11. The van der Waals surface area contributed by atoms with Gasteiger partial charge in [0.2, 0.25) is 0 Å². The molecule has 0 fully saturated rings. The highest BCUT2D eigenvalue weighted by Gasteiger charge is 2.15. The van der Waals surface area contributed by atoms with E-state index in [2.05, 4.69) is 10.3 Å². The van der Waals surface area contributed by atoms with Crippen molar-refractivity contribution in [1.82, 2.24) is 10.3 Å². The number of nitrogens with zero attached hydrogens (tertiary/aromatic N) is 1. The van der Waals surface area contributed by atoms with Crippen LogP contribution in [0.3, 0.4) is 0 Å². The molecule has 0 unspecified atom stereocenters. The van der Waals surface area contributed by atoms with Crippen LogP contribution in [0, 0.1) is 12.7 Å². The lowest BCUT2D eigenvalue weighted by Gasteiger charge is -2.04. The van der Waals surface area contributed by atoms with Gasteiger partial charge >= 0.3 is 5.97 Å². The number of carboxylic acid groups (broad SMARTS) is 1. The number of carboxylic acids is 1. The number of amides is 1. The number of hydrogen-bond acceptors (Lipinski definition) is 6. The zero-order valence-electron chi connectivity index (χ0n) is 13.5. The van der Waals surface area contributed by atoms with Crippen molar-refractivity contribution in [2.45, 2.75) is 13.5 Å². The molecule has 2 rings (SSSR count). The predicted octanol–water partition coefficient (Wildman–Crippen LogP) is 2.00. The molecule has 0 aliphatic rings. The molecule has 0 saturated carbocycles. The number of rotatable bonds is 9. The van der Waals surface area contributed by atoms with Gasteiger partial charge in [-0.2, -0.15) is 0 Å². The van der Waals surface area contributed by atoms with Crippen molar-refractivity contribution in [3.63, 3.8) is 0 Å². The summed E-state index contributed by atoms with van der Waals surface area (Å²) < 4.78 is 23.2. The first-order valence-corrected chi connectivity index (χ1v) is 8.19. The maximum absolute atomic E-state index is 12.8. The van der Waals surface area contributed by atoms with Crippen LogP contribution in [0.5, 0.6) is 5.75 Å². The van der Waals surface area contributed by atoms with Crippen LogP contribution in [0.2, 0.25) is 0 Å². The average molecular weight is 368 g/mol. The highest BCUT2D eigenvalue weighted by Crippen LogP contribution is 2.20. The van der Waals surface area contributed by atoms with Gasteiger partial charge < -0.3 is 19.9 Å². The number of aliphatic carboxylic acids is 1. The van der Waals surface area contributed by atoms with E-state index in [1.165, 1.54) is 35.6 Å². The van der Waals surface area contributed by atoms with E-state index < -0.39 is 12.6 Å². The summed E-state index contributed by atoms with van der Waals surface area (Å²) in [6.45, 7) is 1.79. The molecule has 134 valence electrons. The van der Waals surface area contributed by atoms with Crippen LogP contribution in [0.25, 0.3) is 0 Å². The Labute approximate surface area is 147 Å². The summed E-state index contributed by atoms with van der Waals surface area (Å²) in [7, 11) is 0. The Morgan fingerprint density at radius 2 is 2.04 bits per heavy atom. The lowest BCUT2D eigenvalue weighted by atomic mass is 10.3. The molecular weight excluding hydrogens is 351 g/mol. The van der Waals surface area contributed by atoms with E-state index >= 15 is 0 Å². The van der Waals surface area contributed by atoms with Gasteiger partial charge in [-0.3, -0.25) is 4.79 Å². The first-order valence-electron chi connectivity index (χ1n) is 7.38. The topological polar surface area (TPSA) is 97.8 Å². The Morgan fingerprint density at radius 1 is 1.32 bits per heavy atom. The SMILES string of the molecule is Cc1nc(COc2ccc(F)cc2)sc1C(=O)NCCOCC(=O)O. The molecule has 0 aliphatic heterocycles. The smallest absolute Gasteiger partial charge is 0.329 e. The molecule has 9 heteroatoms. The minimum Gasteiger partial charge on any atom is -0.486 e. The van der Waals surface area contributed by atoms with Gasteiger partial charge in [-0.1, -0.05) is 0 Å². The van der Waals surface area contributed by atoms with Crippen LogP contribution in [-0.2, 0) is 16.1 Å². The van der Waals surface area contributed by atoms with Crippen LogP contribution in [-0.4, -0.2) is 41.7 Å². The molecule has 1 aromatic carbocycles. The Balaban J connectivity index is 1.82. The lowest BCUT2D eigenvalue weighted by molar-refractivity contribution is -0.142. The fourth-order valence-electron chi connectivity index (χ4n) is 1.88. The molecule has 0 spiro atoms. The minimum absolute atomic E-state index is 0.108. The highest BCUT2D eigenvalue weighted by atomic mass is 32.1. The van der Waals surface area contributed by atoms with Gasteiger partial charge in [-0.25, -0.2) is 14.2 Å². The summed E-state index contributed by atoms with van der Waals surface area (Å²) in [6.07, 6.45) is 0. The quantitative estimate of drug-likeness (QED) is 0.657. The van der Waals surface area contributed by atoms with Gasteiger partial charge in [0.15, 0.2) is 0 Å². The number of halogens is 1. The van der Waals surface area contributed by atoms with Crippen LogP contribution < -0.4 is 10.1 Å². The van der Waals surface area contributed by atoms with Crippen LogP contribution >= 0.6 is 11.3 Å². The third-order valence-electron chi connectivity index (χ3n) is 2.98. The standard InChI is InChI=1S/C16H17FN2O5S/c1-10-15(16(22)18-6-7-23-9-14(20)21)25-13(19-10)8-24-12-4-2-11(17)3-5-12/h2-5H,6-9H2,1H3,(H,18,22)(H,20,21). The predicted molar refractivity (Wildman–Crippen MR) is 88.4 cm³/mol. The van der Waals surface area contributed by atoms with Crippen molar-refractivity contribution < 1.29 is 28.6 Å². The van der Waals surface area contributed by atoms with Crippen LogP contribution in [0.15, 0.2) is 24.3 Å². The largest absolute Gasteiger partial charge is 0.486 e. The fourth-order valence-corrected chi connectivity index (χ4v) is 2.77. The molecule has 1 heterocycles. The van der Waals surface area contributed by atoms with E-state index in [4.69, 9.17) is 14.6 Å². The van der Waals surface area contributed by atoms with Gasteiger partial charge in [0, 0.05) is 6.54 Å². The molecule has 0 atom stereocenters. The van der Waals surface area contributed by atoms with Gasteiger partial charge in [0.25, 0.3) is 5.91 Å². The highest BCUT2D eigenvalue weighted by molar-refractivity contribution is 7.13. The Kier molecular flexibility index (Phi) is 6.84. The van der Waals surface area contributed by atoms with Gasteiger partial charge in [-0.15, -0.1) is 11.3 Å². The number of carbonyl (C=O) groups is 2. The average Bonchev–Trinajstić information content (AvgIpc) is 2.94. The molecule has 2 N–H and O–H groups in total. The monoisotopic (exact) mass is 368 g/mol. The van der Waals surface area contributed by atoms with E-state index in [9.17, 15) is 14.0 Å². The summed E-state index contributed by atoms with van der Waals surface area (Å²) in [4.78, 5) is 27.1. The van der Waals surface area contributed by atoms with E-state index in [1.54, 1.807) is 6.92 Å². The summed E-state index contributed by atoms with van der Waals surface area (Å²) in [5.74, 6) is -1.20. The van der Waals surface area contributed by atoms with Crippen LogP contribution in [0.1, 0.15) is 20.4 Å². The van der Waals surface area contributed by atoms with E-state index in [0.717, 1.165) is 0 Å². The molecule has 2 aromatic rings. The maximum Gasteiger partial charge on any atom is 0.329 e. The second-order valence-corrected chi connectivity index (χ2v) is 6.05. The molecule has 0 aliphatic carbocycles. The Bertz CT molecular complexity index is 733. The van der Waals surface area contributed by atoms with E-state index in [0.29, 0.717) is 21.3 Å². The molecule has 0 saturated heterocycles. The number of benzene rings is 1. The van der Waals surface area contributed by atoms with Gasteiger partial charge in [-0.05, 0) is 31.2 Å². The number of thiazole rings is 1. The molecule has 0 radical (unpaired) electrons. The number of hydrogen-bond donors (Lipinski definition) is 2. The number of aromatic nitrogens is 1. The van der Waals surface area contributed by atoms with Crippen molar-refractivity contribution in [3.05, 3.63) is 45.7 Å². The van der Waals surface area contributed by atoms with Crippen molar-refractivity contribution in [1.29, 1.82) is 0 Å². The number of nitrogens with one attached hydrogen (secondary N) is 1. The zero-order chi connectivity index (χ0) is 18.2. The molecule has 25 heavy (non-hydrogen) atoms. The Hall–Kier alpha value is -2.52. The van der Waals surface area contributed by atoms with Gasteiger partial charge in [0.05, 0.1) is 12.3 Å². The molecule has 0 bridgehead atoms. The normalized spacial score (nSPS) is 10.5. The van der Waals surface area contributed by atoms with Crippen molar-refractivity contribution in [3.8, 4) is 5.75 Å². The van der Waals surface area contributed by atoms with Crippen molar-refractivity contribution >= 4 is 23.2 Å². The van der Waals surface area contributed by atoms with Gasteiger partial charge in [0.1, 0.15) is 34.7 Å². The third kappa shape index (κ3) is 6.12. The van der Waals surface area contributed by atoms with Crippen molar-refractivity contribution in [2.75, 3.05) is 19.8 Å². The first kappa shape index (κ1) is 18.8. The maximum atomic E-state index is 12.8. The Morgan fingerprint density at radius 3 is 2.72 bits per heavy atom.